The van der Waals surface area contributed by atoms with Gasteiger partial charge in [-0.1, -0.05) is 26.0 Å². The van der Waals surface area contributed by atoms with Crippen LogP contribution in [0.15, 0.2) is 24.3 Å². The number of ether oxygens (including phenoxy) is 1. The van der Waals surface area contributed by atoms with Crippen molar-refractivity contribution >= 4 is 11.7 Å². The Balaban J connectivity index is 2.69. The lowest BCUT2D eigenvalue weighted by Gasteiger charge is -2.18. The van der Waals surface area contributed by atoms with Gasteiger partial charge >= 0.3 is 5.97 Å². The minimum atomic E-state index is -0.696. The fourth-order valence-electron chi connectivity index (χ4n) is 1.73. The van der Waals surface area contributed by atoms with Crippen molar-refractivity contribution in [3.63, 3.8) is 0 Å². The summed E-state index contributed by atoms with van der Waals surface area (Å²) in [5.74, 6) is -0.696. The molecule has 0 heterocycles. The molecule has 0 unspecified atom stereocenters. The maximum atomic E-state index is 11.9. The van der Waals surface area contributed by atoms with Crippen molar-refractivity contribution in [2.45, 2.75) is 20.0 Å². The molecule has 110 valence electrons. The lowest BCUT2D eigenvalue weighted by molar-refractivity contribution is -0.385. The Morgan fingerprint density at radius 2 is 1.90 bits per heavy atom. The molecule has 0 atom stereocenters. The number of carbonyl (C=O) groups is 1. The zero-order chi connectivity index (χ0) is 15.0. The summed E-state index contributed by atoms with van der Waals surface area (Å²) in [6.07, 6.45) is -0.170. The number of benzene rings is 1. The molecular weight excluding hydrogens is 262 g/mol. The molecule has 2 N–H and O–H groups in total. The highest BCUT2D eigenvalue weighted by molar-refractivity contribution is 5.93. The van der Waals surface area contributed by atoms with E-state index in [1.165, 1.54) is 18.2 Å². The van der Waals surface area contributed by atoms with Crippen LogP contribution in [0.5, 0.6) is 0 Å². The predicted octanol–water partition coefficient (Wildman–Crippen LogP) is 1.30. The Kier molecular flexibility index (Phi) is 6.61. The fourth-order valence-corrected chi connectivity index (χ4v) is 1.73. The Bertz CT molecular complexity index is 459. The van der Waals surface area contributed by atoms with Gasteiger partial charge in [0.05, 0.1) is 11.1 Å². The molecule has 0 spiro atoms. The molecule has 0 amide bonds. The molecule has 1 aromatic carbocycles. The van der Waals surface area contributed by atoms with Crippen molar-refractivity contribution in [2.75, 3.05) is 19.7 Å². The van der Waals surface area contributed by atoms with Crippen LogP contribution in [-0.4, -0.2) is 36.8 Å². The number of esters is 1. The van der Waals surface area contributed by atoms with Crippen molar-refractivity contribution in [3.05, 3.63) is 39.9 Å². The van der Waals surface area contributed by atoms with Gasteiger partial charge in [-0.15, -0.1) is 0 Å². The number of nitro groups is 1. The van der Waals surface area contributed by atoms with Gasteiger partial charge in [0.15, 0.2) is 0 Å². The summed E-state index contributed by atoms with van der Waals surface area (Å²) in [5, 5.41) is 17.1. The van der Waals surface area contributed by atoms with Crippen molar-refractivity contribution in [2.24, 2.45) is 0 Å². The molecule has 0 fully saturated rings. The van der Waals surface area contributed by atoms with Crippen LogP contribution in [0.25, 0.3) is 0 Å². The number of nitrogens with one attached hydrogen (secondary N) is 2. The summed E-state index contributed by atoms with van der Waals surface area (Å²) in [6, 6.07) is 5.74. The number of hydrogen-bond acceptors (Lipinski definition) is 6. The summed E-state index contributed by atoms with van der Waals surface area (Å²) in [7, 11) is 0. The van der Waals surface area contributed by atoms with Crippen molar-refractivity contribution < 1.29 is 14.5 Å². The lowest BCUT2D eigenvalue weighted by Crippen LogP contribution is -2.45. The molecule has 1 aromatic rings. The van der Waals surface area contributed by atoms with Crippen LogP contribution in [0, 0.1) is 10.1 Å². The van der Waals surface area contributed by atoms with E-state index in [0.29, 0.717) is 0 Å². The summed E-state index contributed by atoms with van der Waals surface area (Å²) in [6.45, 7) is 5.43. The number of carbonyl (C=O) groups excluding carboxylic acids is 1. The molecule has 0 saturated carbocycles. The highest BCUT2D eigenvalue weighted by atomic mass is 16.6. The second-order valence-corrected chi connectivity index (χ2v) is 4.04. The SMILES string of the molecule is CCNC(COC(=O)c1ccccc1[N+](=O)[O-])NCC. The van der Waals surface area contributed by atoms with E-state index in [2.05, 4.69) is 10.6 Å². The van der Waals surface area contributed by atoms with Crippen molar-refractivity contribution in [1.29, 1.82) is 0 Å². The molecule has 0 radical (unpaired) electrons. The standard InChI is InChI=1S/C13H19N3O4/c1-3-14-12(15-4-2)9-20-13(17)10-7-5-6-8-11(10)16(18)19/h5-8,12,14-15H,3-4,9H2,1-2H3. The molecule has 0 aliphatic heterocycles. The van der Waals surface area contributed by atoms with Crippen molar-refractivity contribution in [1.82, 2.24) is 10.6 Å². The number of para-hydroxylation sites is 1. The first-order valence-corrected chi connectivity index (χ1v) is 6.47. The summed E-state index contributed by atoms with van der Waals surface area (Å²) >= 11 is 0. The average Bonchev–Trinajstić information content (AvgIpc) is 2.45. The van der Waals surface area contributed by atoms with Gasteiger partial charge in [-0.2, -0.15) is 0 Å². The van der Waals surface area contributed by atoms with Crippen LogP contribution >= 0.6 is 0 Å². The monoisotopic (exact) mass is 281 g/mol. The Morgan fingerprint density at radius 1 is 1.30 bits per heavy atom. The van der Waals surface area contributed by atoms with Gasteiger partial charge in [0.1, 0.15) is 12.2 Å². The zero-order valence-electron chi connectivity index (χ0n) is 11.6. The summed E-state index contributed by atoms with van der Waals surface area (Å²) in [5.41, 5.74) is -0.287. The minimum absolute atomic E-state index is 0.0377. The number of nitro benzene ring substituents is 1. The number of rotatable bonds is 8. The lowest BCUT2D eigenvalue weighted by atomic mass is 10.2. The Morgan fingerprint density at radius 3 is 2.45 bits per heavy atom. The third-order valence-electron chi connectivity index (χ3n) is 2.60. The molecule has 20 heavy (non-hydrogen) atoms. The largest absolute Gasteiger partial charge is 0.459 e. The number of likely N-dealkylation sites (N-methyl/N-ethyl adjacent to an activating group) is 2. The normalized spacial score (nSPS) is 10.6. The van der Waals surface area contributed by atoms with Crippen LogP contribution in [0.1, 0.15) is 24.2 Å². The number of hydrogen-bond donors (Lipinski definition) is 2. The molecule has 0 bridgehead atoms. The number of nitrogens with zero attached hydrogens (tertiary/aromatic N) is 1. The third-order valence-corrected chi connectivity index (χ3v) is 2.60. The van der Waals surface area contributed by atoms with Crippen LogP contribution in [0.3, 0.4) is 0 Å². The fraction of sp³-hybridized carbons (Fsp3) is 0.462. The van der Waals surface area contributed by atoms with E-state index >= 15 is 0 Å². The second kappa shape index (κ2) is 8.23. The topological polar surface area (TPSA) is 93.5 Å². The van der Waals surface area contributed by atoms with E-state index in [0.717, 1.165) is 13.1 Å². The van der Waals surface area contributed by atoms with E-state index in [1.54, 1.807) is 6.07 Å². The average molecular weight is 281 g/mol. The molecule has 1 rings (SSSR count). The summed E-state index contributed by atoms with van der Waals surface area (Å²) in [4.78, 5) is 22.1. The molecule has 7 heteroatoms. The summed E-state index contributed by atoms with van der Waals surface area (Å²) < 4.78 is 5.12. The predicted molar refractivity (Wildman–Crippen MR) is 74.5 cm³/mol. The Labute approximate surface area is 117 Å². The zero-order valence-corrected chi connectivity index (χ0v) is 11.6. The van der Waals surface area contributed by atoms with E-state index < -0.39 is 10.9 Å². The van der Waals surface area contributed by atoms with Gasteiger partial charge in [-0.3, -0.25) is 20.7 Å². The second-order valence-electron chi connectivity index (χ2n) is 4.04. The van der Waals surface area contributed by atoms with E-state index in [-0.39, 0.29) is 24.0 Å². The maximum absolute atomic E-state index is 11.9. The van der Waals surface area contributed by atoms with Crippen LogP contribution in [0.2, 0.25) is 0 Å². The quantitative estimate of drug-likeness (QED) is 0.323. The first-order valence-electron chi connectivity index (χ1n) is 6.47. The maximum Gasteiger partial charge on any atom is 0.345 e. The van der Waals surface area contributed by atoms with Gasteiger partial charge in [0, 0.05) is 6.07 Å². The van der Waals surface area contributed by atoms with Crippen LogP contribution in [0.4, 0.5) is 5.69 Å². The molecule has 7 nitrogen and oxygen atoms in total. The van der Waals surface area contributed by atoms with Gasteiger partial charge in [-0.25, -0.2) is 4.79 Å². The first kappa shape index (κ1) is 16.1. The van der Waals surface area contributed by atoms with Gasteiger partial charge in [0.25, 0.3) is 5.69 Å². The van der Waals surface area contributed by atoms with Crippen LogP contribution in [-0.2, 0) is 4.74 Å². The highest BCUT2D eigenvalue weighted by Crippen LogP contribution is 2.18. The molecule has 0 saturated heterocycles. The third kappa shape index (κ3) is 4.60. The van der Waals surface area contributed by atoms with Gasteiger partial charge < -0.3 is 4.74 Å². The Hall–Kier alpha value is -1.99. The van der Waals surface area contributed by atoms with Crippen LogP contribution < -0.4 is 10.6 Å². The van der Waals surface area contributed by atoms with Crippen molar-refractivity contribution in [3.8, 4) is 0 Å². The van der Waals surface area contributed by atoms with Gasteiger partial charge in [-0.05, 0) is 19.2 Å². The molecule has 0 aliphatic rings. The first-order chi connectivity index (χ1) is 9.60. The van der Waals surface area contributed by atoms with E-state index in [1.807, 2.05) is 13.8 Å². The molecular formula is C13H19N3O4. The smallest absolute Gasteiger partial charge is 0.345 e. The van der Waals surface area contributed by atoms with E-state index in [9.17, 15) is 14.9 Å². The van der Waals surface area contributed by atoms with E-state index in [4.69, 9.17) is 4.74 Å². The molecule has 0 aliphatic carbocycles. The van der Waals surface area contributed by atoms with Gasteiger partial charge in [0.2, 0.25) is 0 Å². The highest BCUT2D eigenvalue weighted by Gasteiger charge is 2.21. The molecule has 0 aromatic heterocycles. The minimum Gasteiger partial charge on any atom is -0.459 e.